The number of fused-ring (bicyclic) bond motifs is 1. The standard InChI is InChI=1S/C21H25N3O2/c1-3-15-7-4-5-10-19(15)23-20(25)14-24(2)21(26)22-18-12-11-16-8-6-9-17(16)13-18/h4-5,7,10-13H,3,6,8-9,14H2,1-2H3,(H,22,26)(H,23,25). The van der Waals surface area contributed by atoms with Gasteiger partial charge in [0.1, 0.15) is 6.54 Å². The molecule has 26 heavy (non-hydrogen) atoms. The Kier molecular flexibility index (Phi) is 5.56. The second-order valence-electron chi connectivity index (χ2n) is 6.68. The fourth-order valence-corrected chi connectivity index (χ4v) is 3.30. The Morgan fingerprint density at radius 2 is 1.81 bits per heavy atom. The molecule has 0 fully saturated rings. The monoisotopic (exact) mass is 351 g/mol. The van der Waals surface area contributed by atoms with Crippen molar-refractivity contribution < 1.29 is 9.59 Å². The van der Waals surface area contributed by atoms with E-state index in [4.69, 9.17) is 0 Å². The zero-order valence-corrected chi connectivity index (χ0v) is 15.3. The number of aryl methyl sites for hydroxylation is 3. The molecule has 5 heteroatoms. The van der Waals surface area contributed by atoms with Gasteiger partial charge in [-0.15, -0.1) is 0 Å². The highest BCUT2D eigenvalue weighted by atomic mass is 16.2. The summed E-state index contributed by atoms with van der Waals surface area (Å²) in [6.07, 6.45) is 4.19. The summed E-state index contributed by atoms with van der Waals surface area (Å²) < 4.78 is 0. The summed E-state index contributed by atoms with van der Waals surface area (Å²) in [5.74, 6) is -0.211. The number of hydrogen-bond donors (Lipinski definition) is 2. The molecule has 0 saturated heterocycles. The van der Waals surface area contributed by atoms with E-state index in [9.17, 15) is 9.59 Å². The minimum absolute atomic E-state index is 0.00514. The Bertz CT molecular complexity index is 817. The van der Waals surface area contributed by atoms with Crippen molar-refractivity contribution in [3.8, 4) is 0 Å². The van der Waals surface area contributed by atoms with E-state index in [0.29, 0.717) is 0 Å². The smallest absolute Gasteiger partial charge is 0.322 e. The van der Waals surface area contributed by atoms with Crippen LogP contribution >= 0.6 is 0 Å². The largest absolute Gasteiger partial charge is 0.324 e. The number of carbonyl (C=O) groups is 2. The number of likely N-dealkylation sites (N-methyl/N-ethyl adjacent to an activating group) is 1. The molecular weight excluding hydrogens is 326 g/mol. The third kappa shape index (κ3) is 4.23. The molecule has 0 aliphatic heterocycles. The average Bonchev–Trinajstić information content (AvgIpc) is 3.09. The number of anilines is 2. The number of nitrogens with zero attached hydrogens (tertiary/aromatic N) is 1. The summed E-state index contributed by atoms with van der Waals surface area (Å²) in [7, 11) is 1.62. The first-order valence-corrected chi connectivity index (χ1v) is 9.08. The van der Waals surface area contributed by atoms with Crippen molar-refractivity contribution in [2.75, 3.05) is 24.2 Å². The zero-order chi connectivity index (χ0) is 18.5. The highest BCUT2D eigenvalue weighted by Crippen LogP contribution is 2.25. The van der Waals surface area contributed by atoms with Crippen molar-refractivity contribution in [3.05, 3.63) is 59.2 Å². The Morgan fingerprint density at radius 3 is 2.62 bits per heavy atom. The van der Waals surface area contributed by atoms with Crippen LogP contribution in [0.4, 0.5) is 16.2 Å². The van der Waals surface area contributed by atoms with Gasteiger partial charge in [-0.3, -0.25) is 4.79 Å². The normalized spacial score (nSPS) is 12.4. The number of urea groups is 1. The summed E-state index contributed by atoms with van der Waals surface area (Å²) in [6, 6.07) is 13.4. The molecule has 0 radical (unpaired) electrons. The highest BCUT2D eigenvalue weighted by molar-refractivity contribution is 5.97. The van der Waals surface area contributed by atoms with E-state index in [1.54, 1.807) is 7.05 Å². The van der Waals surface area contributed by atoms with Gasteiger partial charge in [0.05, 0.1) is 0 Å². The van der Waals surface area contributed by atoms with Gasteiger partial charge in [-0.25, -0.2) is 4.79 Å². The quantitative estimate of drug-likeness (QED) is 0.860. The molecule has 0 atom stereocenters. The van der Waals surface area contributed by atoms with E-state index in [2.05, 4.69) is 16.7 Å². The van der Waals surface area contributed by atoms with Crippen LogP contribution in [0.25, 0.3) is 0 Å². The molecule has 0 saturated carbocycles. The molecule has 0 bridgehead atoms. The van der Waals surface area contributed by atoms with Gasteiger partial charge in [0.2, 0.25) is 5.91 Å². The molecule has 0 heterocycles. The molecule has 1 aliphatic carbocycles. The lowest BCUT2D eigenvalue weighted by atomic mass is 10.1. The Labute approximate surface area is 154 Å². The first kappa shape index (κ1) is 18.0. The van der Waals surface area contributed by atoms with E-state index < -0.39 is 0 Å². The maximum atomic E-state index is 12.4. The number of nitrogens with one attached hydrogen (secondary N) is 2. The molecule has 136 valence electrons. The number of rotatable bonds is 5. The number of carbonyl (C=O) groups excluding carboxylic acids is 2. The number of hydrogen-bond acceptors (Lipinski definition) is 2. The zero-order valence-electron chi connectivity index (χ0n) is 15.3. The lowest BCUT2D eigenvalue weighted by Crippen LogP contribution is -2.37. The van der Waals surface area contributed by atoms with Crippen LogP contribution < -0.4 is 10.6 Å². The summed E-state index contributed by atoms with van der Waals surface area (Å²) in [6.45, 7) is 2.04. The van der Waals surface area contributed by atoms with E-state index in [-0.39, 0.29) is 18.5 Å². The van der Waals surface area contributed by atoms with E-state index in [1.807, 2.05) is 43.3 Å². The lowest BCUT2D eigenvalue weighted by molar-refractivity contribution is -0.116. The molecule has 2 N–H and O–H groups in total. The van der Waals surface area contributed by atoms with Gasteiger partial charge >= 0.3 is 6.03 Å². The van der Waals surface area contributed by atoms with Crippen LogP contribution in [0.1, 0.15) is 30.0 Å². The van der Waals surface area contributed by atoms with E-state index >= 15 is 0 Å². The second kappa shape index (κ2) is 8.04. The number of benzene rings is 2. The van der Waals surface area contributed by atoms with Crippen LogP contribution in [-0.4, -0.2) is 30.4 Å². The van der Waals surface area contributed by atoms with Crippen molar-refractivity contribution in [2.45, 2.75) is 32.6 Å². The van der Waals surface area contributed by atoms with Gasteiger partial charge < -0.3 is 15.5 Å². The van der Waals surface area contributed by atoms with Crippen LogP contribution in [0.5, 0.6) is 0 Å². The second-order valence-corrected chi connectivity index (χ2v) is 6.68. The SMILES string of the molecule is CCc1ccccc1NC(=O)CN(C)C(=O)Nc1ccc2c(c1)CCC2. The molecule has 2 aromatic carbocycles. The van der Waals surface area contributed by atoms with Crippen LogP contribution in [0.15, 0.2) is 42.5 Å². The molecule has 3 rings (SSSR count). The van der Waals surface area contributed by atoms with Gasteiger partial charge in [-0.1, -0.05) is 31.2 Å². The first-order valence-electron chi connectivity index (χ1n) is 9.08. The first-order chi connectivity index (χ1) is 12.6. The summed E-state index contributed by atoms with van der Waals surface area (Å²) in [4.78, 5) is 26.0. The van der Waals surface area contributed by atoms with Gasteiger partial charge in [0.15, 0.2) is 0 Å². The summed E-state index contributed by atoms with van der Waals surface area (Å²) in [5, 5.41) is 5.75. The molecule has 0 spiro atoms. The predicted octanol–water partition coefficient (Wildman–Crippen LogP) is 3.84. The van der Waals surface area contributed by atoms with Crippen molar-refractivity contribution in [3.63, 3.8) is 0 Å². The highest BCUT2D eigenvalue weighted by Gasteiger charge is 2.16. The third-order valence-electron chi connectivity index (χ3n) is 4.75. The van der Waals surface area contributed by atoms with Crippen molar-refractivity contribution in [2.24, 2.45) is 0 Å². The maximum Gasteiger partial charge on any atom is 0.322 e. The Hall–Kier alpha value is -2.82. The average molecular weight is 351 g/mol. The third-order valence-corrected chi connectivity index (χ3v) is 4.75. The van der Waals surface area contributed by atoms with E-state index in [1.165, 1.54) is 22.4 Å². The minimum Gasteiger partial charge on any atom is -0.324 e. The summed E-state index contributed by atoms with van der Waals surface area (Å²) >= 11 is 0. The van der Waals surface area contributed by atoms with Crippen molar-refractivity contribution in [1.82, 2.24) is 4.90 Å². The molecule has 3 amide bonds. The van der Waals surface area contributed by atoms with Gasteiger partial charge in [-0.05, 0) is 60.6 Å². The maximum absolute atomic E-state index is 12.4. The predicted molar refractivity (Wildman–Crippen MR) is 105 cm³/mol. The molecule has 0 aromatic heterocycles. The Balaban J connectivity index is 1.56. The number of para-hydroxylation sites is 1. The fraction of sp³-hybridized carbons (Fsp3) is 0.333. The van der Waals surface area contributed by atoms with Gasteiger partial charge in [0, 0.05) is 18.4 Å². The topological polar surface area (TPSA) is 61.4 Å². The molecular formula is C21H25N3O2. The van der Waals surface area contributed by atoms with Crippen LogP contribution in [-0.2, 0) is 24.1 Å². The Morgan fingerprint density at radius 1 is 1.04 bits per heavy atom. The summed E-state index contributed by atoms with van der Waals surface area (Å²) in [5.41, 5.74) is 5.32. The van der Waals surface area contributed by atoms with Gasteiger partial charge in [0.25, 0.3) is 0 Å². The van der Waals surface area contributed by atoms with Crippen molar-refractivity contribution >= 4 is 23.3 Å². The van der Waals surface area contributed by atoms with Gasteiger partial charge in [-0.2, -0.15) is 0 Å². The van der Waals surface area contributed by atoms with Crippen LogP contribution in [0.2, 0.25) is 0 Å². The molecule has 5 nitrogen and oxygen atoms in total. The molecule has 1 aliphatic rings. The lowest BCUT2D eigenvalue weighted by Gasteiger charge is -2.18. The van der Waals surface area contributed by atoms with Crippen LogP contribution in [0, 0.1) is 0 Å². The van der Waals surface area contributed by atoms with Crippen molar-refractivity contribution in [1.29, 1.82) is 0 Å². The minimum atomic E-state index is -0.290. The van der Waals surface area contributed by atoms with Crippen LogP contribution in [0.3, 0.4) is 0 Å². The van der Waals surface area contributed by atoms with E-state index in [0.717, 1.165) is 36.2 Å². The molecule has 0 unspecified atom stereocenters. The molecule has 2 aromatic rings. The fourth-order valence-electron chi connectivity index (χ4n) is 3.30. The number of amides is 3.